The molecule has 1 aromatic heterocycles. The Bertz CT molecular complexity index is 502. The van der Waals surface area contributed by atoms with Crippen molar-refractivity contribution in [2.75, 3.05) is 13.7 Å². The Hall–Kier alpha value is -1.81. The predicted octanol–water partition coefficient (Wildman–Crippen LogP) is 1.58. The van der Waals surface area contributed by atoms with Crippen LogP contribution in [0, 0.1) is 0 Å². The zero-order valence-electron chi connectivity index (χ0n) is 8.32. The number of methoxy groups -OCH3 is 1. The van der Waals surface area contributed by atoms with Gasteiger partial charge in [0.25, 0.3) is 0 Å². The van der Waals surface area contributed by atoms with Crippen LogP contribution in [0.1, 0.15) is 10.6 Å². The number of rotatable bonds is 3. The molecule has 0 aliphatic carbocycles. The van der Waals surface area contributed by atoms with Crippen molar-refractivity contribution in [3.05, 3.63) is 30.0 Å². The highest BCUT2D eigenvalue weighted by Gasteiger charge is 2.19. The molecule has 0 unspecified atom stereocenters. The maximum absolute atomic E-state index is 11.5. The van der Waals surface area contributed by atoms with Gasteiger partial charge in [0.1, 0.15) is 5.58 Å². The first-order chi connectivity index (χ1) is 7.27. The summed E-state index contributed by atoms with van der Waals surface area (Å²) in [4.78, 5) is 11.5. The van der Waals surface area contributed by atoms with Crippen LogP contribution in [-0.4, -0.2) is 19.4 Å². The minimum Gasteiger partial charge on any atom is -0.492 e. The number of furan rings is 1. The maximum atomic E-state index is 11.5. The van der Waals surface area contributed by atoms with Crippen molar-refractivity contribution >= 4 is 16.8 Å². The fraction of sp³-hybridized carbons (Fsp3) is 0.182. The third-order valence-electron chi connectivity index (χ3n) is 2.19. The lowest BCUT2D eigenvalue weighted by atomic mass is 10.2. The Kier molecular flexibility index (Phi) is 2.43. The Labute approximate surface area is 86.6 Å². The first-order valence-corrected chi connectivity index (χ1v) is 4.56. The molecule has 0 aliphatic rings. The van der Waals surface area contributed by atoms with Crippen LogP contribution in [0.25, 0.3) is 11.0 Å². The molecule has 1 aromatic carbocycles. The average molecular weight is 205 g/mol. The van der Waals surface area contributed by atoms with Gasteiger partial charge in [-0.15, -0.1) is 0 Å². The Morgan fingerprint density at radius 3 is 2.87 bits per heavy atom. The molecule has 4 nitrogen and oxygen atoms in total. The molecule has 2 rings (SSSR count). The third kappa shape index (κ3) is 1.49. The number of ketones is 1. The second-order valence-electron chi connectivity index (χ2n) is 3.09. The van der Waals surface area contributed by atoms with E-state index in [1.165, 1.54) is 7.11 Å². The lowest BCUT2D eigenvalue weighted by Gasteiger charge is -1.98. The summed E-state index contributed by atoms with van der Waals surface area (Å²) in [6, 6.07) is 7.31. The minimum absolute atomic E-state index is 0.0871. The largest absolute Gasteiger partial charge is 0.492 e. The summed E-state index contributed by atoms with van der Waals surface area (Å²) in [5, 5.41) is 0.789. The van der Waals surface area contributed by atoms with E-state index in [2.05, 4.69) is 0 Å². The van der Waals surface area contributed by atoms with E-state index in [9.17, 15) is 4.79 Å². The normalized spacial score (nSPS) is 10.5. The van der Waals surface area contributed by atoms with Gasteiger partial charge in [-0.3, -0.25) is 4.79 Å². The minimum atomic E-state index is -0.261. The Morgan fingerprint density at radius 1 is 1.47 bits per heavy atom. The van der Waals surface area contributed by atoms with Gasteiger partial charge in [0.15, 0.2) is 5.75 Å². The van der Waals surface area contributed by atoms with Crippen molar-refractivity contribution in [3.63, 3.8) is 0 Å². The average Bonchev–Trinajstić information content (AvgIpc) is 2.66. The molecule has 0 atom stereocenters. The van der Waals surface area contributed by atoms with Crippen molar-refractivity contribution in [2.24, 2.45) is 5.73 Å². The quantitative estimate of drug-likeness (QED) is 0.772. The second kappa shape index (κ2) is 3.74. The number of carbonyl (C=O) groups is 1. The first-order valence-electron chi connectivity index (χ1n) is 4.56. The van der Waals surface area contributed by atoms with Crippen LogP contribution >= 0.6 is 0 Å². The number of hydrogen-bond acceptors (Lipinski definition) is 4. The van der Waals surface area contributed by atoms with Gasteiger partial charge in [-0.1, -0.05) is 12.1 Å². The highest BCUT2D eigenvalue weighted by molar-refractivity contribution is 6.03. The fourth-order valence-electron chi connectivity index (χ4n) is 1.50. The number of hydrogen-bond donors (Lipinski definition) is 1. The summed E-state index contributed by atoms with van der Waals surface area (Å²) < 4.78 is 10.5. The molecular formula is C11H11NO3. The number of para-hydroxylation sites is 1. The van der Waals surface area contributed by atoms with Crippen molar-refractivity contribution in [1.29, 1.82) is 0 Å². The van der Waals surface area contributed by atoms with Crippen molar-refractivity contribution < 1.29 is 13.9 Å². The second-order valence-corrected chi connectivity index (χ2v) is 3.09. The fourth-order valence-corrected chi connectivity index (χ4v) is 1.50. The molecule has 0 bridgehead atoms. The van der Waals surface area contributed by atoms with Crippen LogP contribution in [0.5, 0.6) is 5.75 Å². The number of benzene rings is 1. The smallest absolute Gasteiger partial charge is 0.215 e. The van der Waals surface area contributed by atoms with E-state index in [0.29, 0.717) is 11.3 Å². The monoisotopic (exact) mass is 205 g/mol. The molecule has 15 heavy (non-hydrogen) atoms. The van der Waals surface area contributed by atoms with Gasteiger partial charge in [0.05, 0.1) is 19.0 Å². The molecule has 0 radical (unpaired) electrons. The summed E-state index contributed by atoms with van der Waals surface area (Å²) in [5.41, 5.74) is 5.92. The van der Waals surface area contributed by atoms with Gasteiger partial charge < -0.3 is 14.9 Å². The molecule has 2 aromatic rings. The van der Waals surface area contributed by atoms with E-state index >= 15 is 0 Å². The summed E-state index contributed by atoms with van der Waals surface area (Å²) in [7, 11) is 1.50. The molecule has 0 saturated heterocycles. The highest BCUT2D eigenvalue weighted by Crippen LogP contribution is 2.32. The predicted molar refractivity (Wildman–Crippen MR) is 56.2 cm³/mol. The Balaban J connectivity index is 2.69. The van der Waals surface area contributed by atoms with Crippen LogP contribution in [0.2, 0.25) is 0 Å². The van der Waals surface area contributed by atoms with Crippen LogP contribution < -0.4 is 10.5 Å². The van der Waals surface area contributed by atoms with Crippen molar-refractivity contribution in [2.45, 2.75) is 0 Å². The van der Waals surface area contributed by atoms with E-state index in [4.69, 9.17) is 14.9 Å². The number of ether oxygens (including phenoxy) is 1. The zero-order chi connectivity index (χ0) is 10.8. The molecule has 78 valence electrons. The molecule has 2 N–H and O–H groups in total. The topological polar surface area (TPSA) is 65.5 Å². The van der Waals surface area contributed by atoms with Gasteiger partial charge in [-0.25, -0.2) is 0 Å². The summed E-state index contributed by atoms with van der Waals surface area (Å²) in [5.74, 6) is 0.394. The molecule has 0 spiro atoms. The van der Waals surface area contributed by atoms with Gasteiger partial charge in [0.2, 0.25) is 11.5 Å². The number of fused-ring (bicyclic) bond motifs is 1. The molecule has 0 amide bonds. The first kappa shape index (κ1) is 9.73. The molecule has 0 aliphatic heterocycles. The molecule has 4 heteroatoms. The lowest BCUT2D eigenvalue weighted by Crippen LogP contribution is -2.13. The van der Waals surface area contributed by atoms with Crippen LogP contribution in [0.15, 0.2) is 28.7 Å². The van der Waals surface area contributed by atoms with Gasteiger partial charge in [0, 0.05) is 0 Å². The molecule has 0 saturated carbocycles. The number of Topliss-reactive ketones (excluding diaryl/α,β-unsaturated/α-hetero) is 1. The summed E-state index contributed by atoms with van der Waals surface area (Å²) >= 11 is 0. The molecule has 1 heterocycles. The van der Waals surface area contributed by atoms with E-state index < -0.39 is 0 Å². The van der Waals surface area contributed by atoms with Gasteiger partial charge >= 0.3 is 0 Å². The molecular weight excluding hydrogens is 194 g/mol. The number of carbonyl (C=O) groups excluding carboxylic acids is 1. The Morgan fingerprint density at radius 2 is 2.20 bits per heavy atom. The van der Waals surface area contributed by atoms with E-state index in [0.717, 1.165) is 5.39 Å². The highest BCUT2D eigenvalue weighted by atomic mass is 16.5. The van der Waals surface area contributed by atoms with E-state index in [-0.39, 0.29) is 18.1 Å². The lowest BCUT2D eigenvalue weighted by molar-refractivity contribution is 0.0973. The van der Waals surface area contributed by atoms with Crippen molar-refractivity contribution in [3.8, 4) is 5.75 Å². The maximum Gasteiger partial charge on any atom is 0.215 e. The zero-order valence-corrected chi connectivity index (χ0v) is 8.32. The number of nitrogens with two attached hydrogens (primary N) is 1. The standard InChI is InChI=1S/C11H11NO3/c1-14-10-7-4-2-3-5-9(7)15-11(10)8(13)6-12/h2-5H,6,12H2,1H3. The van der Waals surface area contributed by atoms with Gasteiger partial charge in [-0.2, -0.15) is 0 Å². The third-order valence-corrected chi connectivity index (χ3v) is 2.19. The molecule has 0 fully saturated rings. The summed E-state index contributed by atoms with van der Waals surface area (Å²) in [6.07, 6.45) is 0. The van der Waals surface area contributed by atoms with Crippen LogP contribution in [0.3, 0.4) is 0 Å². The summed E-state index contributed by atoms with van der Waals surface area (Å²) in [6.45, 7) is -0.0871. The van der Waals surface area contributed by atoms with Gasteiger partial charge in [-0.05, 0) is 12.1 Å². The van der Waals surface area contributed by atoms with Crippen molar-refractivity contribution in [1.82, 2.24) is 0 Å². The van der Waals surface area contributed by atoms with E-state index in [1.54, 1.807) is 6.07 Å². The SMILES string of the molecule is COc1c(C(=O)CN)oc2ccccc12. The van der Waals surface area contributed by atoms with Crippen LogP contribution in [0.4, 0.5) is 0 Å². The van der Waals surface area contributed by atoms with E-state index in [1.807, 2.05) is 18.2 Å². The van der Waals surface area contributed by atoms with Crippen LogP contribution in [-0.2, 0) is 0 Å².